The molecule has 0 unspecified atom stereocenters. The minimum atomic E-state index is -0.312. The fourth-order valence-electron chi connectivity index (χ4n) is 2.67. The van der Waals surface area contributed by atoms with Crippen LogP contribution in [0, 0.1) is 12.7 Å². The number of nitrogens with zero attached hydrogens (tertiary/aromatic N) is 3. The maximum Gasteiger partial charge on any atom is 0.230 e. The number of imidazole rings is 1. The lowest BCUT2D eigenvalue weighted by Crippen LogP contribution is -2.24. The van der Waals surface area contributed by atoms with Gasteiger partial charge < -0.3 is 5.32 Å². The number of aryl methyl sites for hydroxylation is 1. The predicted octanol–water partition coefficient (Wildman–Crippen LogP) is 4.91. The van der Waals surface area contributed by atoms with Crippen LogP contribution in [0.1, 0.15) is 9.88 Å². The van der Waals surface area contributed by atoms with Crippen LogP contribution in [0.5, 0.6) is 0 Å². The molecule has 4 aromatic rings. The van der Waals surface area contributed by atoms with Gasteiger partial charge in [-0.05, 0) is 37.3 Å². The Labute approximate surface area is 179 Å². The molecule has 0 fully saturated rings. The first-order valence-corrected chi connectivity index (χ1v) is 11.5. The zero-order chi connectivity index (χ0) is 20.2. The Morgan fingerprint density at radius 1 is 1.31 bits per heavy atom. The smallest absolute Gasteiger partial charge is 0.230 e. The van der Waals surface area contributed by atoms with Gasteiger partial charge in [0.1, 0.15) is 5.82 Å². The zero-order valence-corrected chi connectivity index (χ0v) is 17.9. The van der Waals surface area contributed by atoms with Crippen molar-refractivity contribution in [2.24, 2.45) is 0 Å². The molecular formula is C20H17FN4OS3. The van der Waals surface area contributed by atoms with Crippen LogP contribution in [0.4, 0.5) is 4.39 Å². The molecule has 29 heavy (non-hydrogen) atoms. The molecule has 0 atom stereocenters. The van der Waals surface area contributed by atoms with Gasteiger partial charge in [-0.2, -0.15) is 0 Å². The number of rotatable bonds is 7. The Morgan fingerprint density at radius 3 is 3.00 bits per heavy atom. The second-order valence-electron chi connectivity index (χ2n) is 6.14. The summed E-state index contributed by atoms with van der Waals surface area (Å²) in [5, 5.41) is 6.66. The van der Waals surface area contributed by atoms with Gasteiger partial charge in [-0.3, -0.25) is 9.36 Å². The van der Waals surface area contributed by atoms with E-state index in [1.165, 1.54) is 23.9 Å². The largest absolute Gasteiger partial charge is 0.350 e. The van der Waals surface area contributed by atoms with Crippen molar-refractivity contribution in [3.8, 4) is 16.3 Å². The summed E-state index contributed by atoms with van der Waals surface area (Å²) in [4.78, 5) is 23.2. The minimum Gasteiger partial charge on any atom is -0.350 e. The van der Waals surface area contributed by atoms with Gasteiger partial charge in [0.25, 0.3) is 0 Å². The number of nitrogens with one attached hydrogen (secondary N) is 1. The number of hydrogen-bond donors (Lipinski definition) is 1. The number of hydrogen-bond acceptors (Lipinski definition) is 6. The third-order valence-electron chi connectivity index (χ3n) is 4.02. The monoisotopic (exact) mass is 444 g/mol. The Hall–Kier alpha value is -2.49. The number of aromatic nitrogens is 3. The van der Waals surface area contributed by atoms with E-state index in [0.29, 0.717) is 17.4 Å². The highest BCUT2D eigenvalue weighted by Gasteiger charge is 2.11. The molecule has 0 radical (unpaired) electrons. The van der Waals surface area contributed by atoms with Crippen LogP contribution >= 0.6 is 34.4 Å². The molecule has 0 saturated heterocycles. The van der Waals surface area contributed by atoms with Crippen molar-refractivity contribution in [1.82, 2.24) is 19.9 Å². The number of benzene rings is 1. The Morgan fingerprint density at radius 2 is 2.21 bits per heavy atom. The lowest BCUT2D eigenvalue weighted by Gasteiger charge is -2.08. The predicted molar refractivity (Wildman–Crippen MR) is 116 cm³/mol. The van der Waals surface area contributed by atoms with Crippen molar-refractivity contribution >= 4 is 40.3 Å². The molecule has 3 heterocycles. The van der Waals surface area contributed by atoms with Crippen LogP contribution in [0.15, 0.2) is 59.3 Å². The molecule has 1 aromatic carbocycles. The standard InChI is InChI=1S/C20H17FN4OS3/c1-13-24-17(11-27-13)18-6-5-16(29-18)10-23-19(26)12-28-20-22-7-8-25(20)15-4-2-3-14(21)9-15/h2-9,11H,10,12H2,1H3,(H,23,26). The highest BCUT2D eigenvalue weighted by atomic mass is 32.2. The molecule has 5 nitrogen and oxygen atoms in total. The molecule has 1 N–H and O–H groups in total. The highest BCUT2D eigenvalue weighted by Crippen LogP contribution is 2.29. The topological polar surface area (TPSA) is 59.8 Å². The SMILES string of the molecule is Cc1nc(-c2ccc(CNC(=O)CSc3nccn3-c3cccc(F)c3)s2)cs1. The second kappa shape index (κ2) is 8.89. The van der Waals surface area contributed by atoms with Crippen molar-refractivity contribution in [2.45, 2.75) is 18.6 Å². The lowest BCUT2D eigenvalue weighted by atomic mass is 10.3. The van der Waals surface area contributed by atoms with Crippen molar-refractivity contribution in [1.29, 1.82) is 0 Å². The number of thiazole rings is 1. The van der Waals surface area contributed by atoms with E-state index in [2.05, 4.69) is 15.3 Å². The molecule has 3 aromatic heterocycles. The average molecular weight is 445 g/mol. The molecule has 4 rings (SSSR count). The summed E-state index contributed by atoms with van der Waals surface area (Å²) in [7, 11) is 0. The molecular weight excluding hydrogens is 427 g/mol. The summed E-state index contributed by atoms with van der Waals surface area (Å²) < 4.78 is 15.2. The maximum atomic E-state index is 13.5. The third-order valence-corrected chi connectivity index (χ3v) is 6.87. The van der Waals surface area contributed by atoms with Gasteiger partial charge in [0, 0.05) is 22.7 Å². The number of amides is 1. The molecule has 0 spiro atoms. The van der Waals surface area contributed by atoms with Gasteiger partial charge in [-0.15, -0.1) is 22.7 Å². The molecule has 0 aliphatic heterocycles. The van der Waals surface area contributed by atoms with Crippen molar-refractivity contribution in [2.75, 3.05) is 5.75 Å². The van der Waals surface area contributed by atoms with E-state index in [9.17, 15) is 9.18 Å². The number of carbonyl (C=O) groups excluding carboxylic acids is 1. The molecule has 148 valence electrons. The summed E-state index contributed by atoms with van der Waals surface area (Å²) in [6.45, 7) is 2.46. The molecule has 9 heteroatoms. The first kappa shape index (κ1) is 19.8. The number of halogens is 1. The van der Waals surface area contributed by atoms with Gasteiger partial charge in [-0.25, -0.2) is 14.4 Å². The quantitative estimate of drug-likeness (QED) is 0.411. The summed E-state index contributed by atoms with van der Waals surface area (Å²) in [5.41, 5.74) is 1.66. The maximum absolute atomic E-state index is 13.5. The molecule has 0 bridgehead atoms. The van der Waals surface area contributed by atoms with Gasteiger partial charge in [0.2, 0.25) is 5.91 Å². The number of thioether (sulfide) groups is 1. The lowest BCUT2D eigenvalue weighted by molar-refractivity contribution is -0.118. The van der Waals surface area contributed by atoms with Crippen LogP contribution in [-0.4, -0.2) is 26.2 Å². The molecule has 0 saturated carbocycles. The zero-order valence-electron chi connectivity index (χ0n) is 15.5. The van der Waals surface area contributed by atoms with Gasteiger partial charge in [-0.1, -0.05) is 17.8 Å². The van der Waals surface area contributed by atoms with Crippen LogP contribution < -0.4 is 5.32 Å². The van der Waals surface area contributed by atoms with E-state index >= 15 is 0 Å². The first-order valence-electron chi connectivity index (χ1n) is 8.78. The fourth-order valence-corrected chi connectivity index (χ4v) is 5.07. The van der Waals surface area contributed by atoms with Crippen molar-refractivity contribution in [3.05, 3.63) is 69.9 Å². The summed E-state index contributed by atoms with van der Waals surface area (Å²) >= 11 is 4.57. The van der Waals surface area contributed by atoms with E-state index in [-0.39, 0.29) is 17.5 Å². The van der Waals surface area contributed by atoms with Gasteiger partial charge in [0.15, 0.2) is 5.16 Å². The Bertz CT molecular complexity index is 1130. The van der Waals surface area contributed by atoms with E-state index in [4.69, 9.17) is 0 Å². The summed E-state index contributed by atoms with van der Waals surface area (Å²) in [6, 6.07) is 10.3. The van der Waals surface area contributed by atoms with Gasteiger partial charge in [0.05, 0.1) is 33.6 Å². The van der Waals surface area contributed by atoms with Gasteiger partial charge >= 0.3 is 0 Å². The van der Waals surface area contributed by atoms with Crippen LogP contribution in [-0.2, 0) is 11.3 Å². The van der Waals surface area contributed by atoms with Crippen molar-refractivity contribution in [3.63, 3.8) is 0 Å². The summed E-state index contributed by atoms with van der Waals surface area (Å²) in [6.07, 6.45) is 3.39. The highest BCUT2D eigenvalue weighted by molar-refractivity contribution is 7.99. The van der Waals surface area contributed by atoms with E-state index in [1.54, 1.807) is 51.8 Å². The third kappa shape index (κ3) is 4.92. The van der Waals surface area contributed by atoms with Crippen LogP contribution in [0.2, 0.25) is 0 Å². The molecule has 0 aliphatic carbocycles. The second-order valence-corrected chi connectivity index (χ2v) is 9.32. The first-order chi connectivity index (χ1) is 14.1. The van der Waals surface area contributed by atoms with Crippen LogP contribution in [0.25, 0.3) is 16.3 Å². The summed E-state index contributed by atoms with van der Waals surface area (Å²) in [5.74, 6) is -0.160. The van der Waals surface area contributed by atoms with E-state index in [0.717, 1.165) is 20.5 Å². The number of thiophene rings is 1. The average Bonchev–Trinajstić information content (AvgIpc) is 3.45. The van der Waals surface area contributed by atoms with E-state index in [1.807, 2.05) is 24.4 Å². The van der Waals surface area contributed by atoms with Crippen LogP contribution in [0.3, 0.4) is 0 Å². The molecule has 1 amide bonds. The Kier molecular flexibility index (Phi) is 6.08. The normalized spacial score (nSPS) is 11.0. The van der Waals surface area contributed by atoms with Crippen molar-refractivity contribution < 1.29 is 9.18 Å². The molecule has 0 aliphatic rings. The minimum absolute atomic E-state index is 0.0803. The van der Waals surface area contributed by atoms with E-state index < -0.39 is 0 Å². The fraction of sp³-hybridized carbons (Fsp3) is 0.150. The Balaban J connectivity index is 1.31. The number of carbonyl (C=O) groups is 1.